The van der Waals surface area contributed by atoms with E-state index in [0.717, 1.165) is 11.3 Å². The molecule has 0 aliphatic rings. The normalized spacial score (nSPS) is 10.2. The topological polar surface area (TPSA) is 66.9 Å². The summed E-state index contributed by atoms with van der Waals surface area (Å²) in [4.78, 5) is 20.3. The molecule has 0 aliphatic carbocycles. The van der Waals surface area contributed by atoms with E-state index < -0.39 is 5.82 Å². The van der Waals surface area contributed by atoms with E-state index in [2.05, 4.69) is 20.6 Å². The van der Waals surface area contributed by atoms with Gasteiger partial charge in [0, 0.05) is 24.6 Å². The van der Waals surface area contributed by atoms with Gasteiger partial charge in [0.15, 0.2) is 0 Å². The third-order valence-corrected chi connectivity index (χ3v) is 3.30. The molecular weight excluding hydrogens is 307 g/mol. The Balaban J connectivity index is 1.60. The van der Waals surface area contributed by atoms with Crippen LogP contribution in [0.2, 0.25) is 0 Å². The molecule has 0 unspecified atom stereocenters. The van der Waals surface area contributed by atoms with E-state index in [9.17, 15) is 9.18 Å². The number of hydrogen-bond donors (Lipinski definition) is 2. The lowest BCUT2D eigenvalue weighted by atomic mass is 10.2. The lowest BCUT2D eigenvalue weighted by Gasteiger charge is -2.07. The predicted octanol–water partition coefficient (Wildman–Crippen LogP) is 3.48. The largest absolute Gasteiger partial charge is 0.380 e. The number of benzene rings is 1. The highest BCUT2D eigenvalue weighted by Crippen LogP contribution is 2.12. The molecule has 2 N–H and O–H groups in total. The Labute approximate surface area is 138 Å². The first-order valence-corrected chi connectivity index (χ1v) is 7.36. The van der Waals surface area contributed by atoms with Gasteiger partial charge in [-0.1, -0.05) is 12.1 Å². The Hall–Kier alpha value is -3.28. The number of halogens is 1. The van der Waals surface area contributed by atoms with Gasteiger partial charge >= 0.3 is 0 Å². The van der Waals surface area contributed by atoms with Crippen molar-refractivity contribution < 1.29 is 9.18 Å². The number of nitrogens with zero attached hydrogens (tertiary/aromatic N) is 2. The number of hydrogen-bond acceptors (Lipinski definition) is 4. The molecule has 120 valence electrons. The van der Waals surface area contributed by atoms with Gasteiger partial charge in [0.1, 0.15) is 11.5 Å². The molecule has 0 spiro atoms. The van der Waals surface area contributed by atoms with Crippen LogP contribution in [-0.2, 0) is 6.54 Å². The number of rotatable bonds is 5. The van der Waals surface area contributed by atoms with E-state index in [1.807, 2.05) is 12.1 Å². The minimum absolute atomic E-state index is 0.256. The van der Waals surface area contributed by atoms with Gasteiger partial charge in [-0.15, -0.1) is 0 Å². The van der Waals surface area contributed by atoms with Crippen molar-refractivity contribution in [3.8, 4) is 0 Å². The van der Waals surface area contributed by atoms with Gasteiger partial charge in [-0.05, 0) is 42.0 Å². The summed E-state index contributed by atoms with van der Waals surface area (Å²) in [6, 6.07) is 12.9. The summed E-state index contributed by atoms with van der Waals surface area (Å²) in [5, 5.41) is 5.81. The van der Waals surface area contributed by atoms with Crippen molar-refractivity contribution in [2.75, 3.05) is 10.6 Å². The molecule has 0 saturated heterocycles. The van der Waals surface area contributed by atoms with E-state index in [-0.39, 0.29) is 11.6 Å². The molecule has 0 saturated carbocycles. The molecule has 3 aromatic rings. The maximum Gasteiger partial charge on any atom is 0.274 e. The molecule has 5 nitrogen and oxygen atoms in total. The van der Waals surface area contributed by atoms with Crippen molar-refractivity contribution in [3.05, 3.63) is 84.2 Å². The third-order valence-electron chi connectivity index (χ3n) is 3.30. The Kier molecular flexibility index (Phi) is 4.76. The summed E-state index contributed by atoms with van der Waals surface area (Å²) >= 11 is 0. The Morgan fingerprint density at radius 1 is 1.04 bits per heavy atom. The van der Waals surface area contributed by atoms with E-state index in [1.165, 1.54) is 18.2 Å². The summed E-state index contributed by atoms with van der Waals surface area (Å²) in [6.07, 6.45) is 5.08. The first kappa shape index (κ1) is 15.6. The molecule has 24 heavy (non-hydrogen) atoms. The van der Waals surface area contributed by atoms with Crippen LogP contribution in [0.1, 0.15) is 16.1 Å². The summed E-state index contributed by atoms with van der Waals surface area (Å²) in [6.45, 7) is 0.615. The smallest absolute Gasteiger partial charge is 0.274 e. The highest BCUT2D eigenvalue weighted by molar-refractivity contribution is 6.02. The van der Waals surface area contributed by atoms with Gasteiger partial charge in [-0.2, -0.15) is 0 Å². The summed E-state index contributed by atoms with van der Waals surface area (Å²) < 4.78 is 13.1. The fraction of sp³-hybridized carbons (Fsp3) is 0.0556. The van der Waals surface area contributed by atoms with E-state index in [1.54, 1.807) is 36.8 Å². The molecule has 1 aromatic carbocycles. The highest BCUT2D eigenvalue weighted by Gasteiger charge is 2.08. The van der Waals surface area contributed by atoms with Crippen LogP contribution in [0, 0.1) is 5.82 Å². The predicted molar refractivity (Wildman–Crippen MR) is 90.2 cm³/mol. The lowest BCUT2D eigenvalue weighted by Crippen LogP contribution is -2.13. The van der Waals surface area contributed by atoms with Gasteiger partial charge in [-0.25, -0.2) is 9.37 Å². The molecule has 0 radical (unpaired) electrons. The summed E-state index contributed by atoms with van der Waals surface area (Å²) in [7, 11) is 0. The number of carbonyl (C=O) groups is 1. The van der Waals surface area contributed by atoms with Crippen LogP contribution in [0.25, 0.3) is 0 Å². The van der Waals surface area contributed by atoms with Gasteiger partial charge in [0.25, 0.3) is 5.91 Å². The molecule has 0 aliphatic heterocycles. The van der Waals surface area contributed by atoms with E-state index in [4.69, 9.17) is 0 Å². The average Bonchev–Trinajstić information content (AvgIpc) is 2.61. The number of nitrogens with one attached hydrogen (secondary N) is 2. The summed E-state index contributed by atoms with van der Waals surface area (Å²) in [5.74, 6) is -0.796. The van der Waals surface area contributed by atoms with Crippen molar-refractivity contribution in [1.29, 1.82) is 0 Å². The zero-order valence-corrected chi connectivity index (χ0v) is 12.7. The zero-order valence-electron chi connectivity index (χ0n) is 12.7. The lowest BCUT2D eigenvalue weighted by molar-refractivity contribution is 0.102. The second-order valence-corrected chi connectivity index (χ2v) is 5.11. The molecule has 2 aromatic heterocycles. The van der Waals surface area contributed by atoms with E-state index in [0.29, 0.717) is 12.2 Å². The summed E-state index contributed by atoms with van der Waals surface area (Å²) in [5.41, 5.74) is 2.48. The number of amides is 1. The molecular formula is C18H15FN4O. The van der Waals surface area contributed by atoms with Crippen LogP contribution in [0.4, 0.5) is 15.8 Å². The SMILES string of the molecule is O=C(Nc1cccc(F)c1)c1ccc(NCc2cccnc2)cn1. The molecule has 2 heterocycles. The number of pyridine rings is 2. The Morgan fingerprint density at radius 3 is 2.67 bits per heavy atom. The molecule has 3 rings (SSSR count). The number of anilines is 2. The van der Waals surface area contributed by atoms with Crippen molar-refractivity contribution in [2.24, 2.45) is 0 Å². The van der Waals surface area contributed by atoms with Crippen molar-refractivity contribution in [1.82, 2.24) is 9.97 Å². The zero-order chi connectivity index (χ0) is 16.8. The van der Waals surface area contributed by atoms with Crippen molar-refractivity contribution >= 4 is 17.3 Å². The maximum atomic E-state index is 13.1. The second kappa shape index (κ2) is 7.32. The molecule has 1 amide bonds. The van der Waals surface area contributed by atoms with Crippen LogP contribution in [0.3, 0.4) is 0 Å². The van der Waals surface area contributed by atoms with Crippen LogP contribution in [-0.4, -0.2) is 15.9 Å². The van der Waals surface area contributed by atoms with Crippen molar-refractivity contribution in [3.63, 3.8) is 0 Å². The number of carbonyl (C=O) groups excluding carboxylic acids is 1. The maximum absolute atomic E-state index is 13.1. The third kappa shape index (κ3) is 4.13. The number of aromatic nitrogens is 2. The van der Waals surface area contributed by atoms with Gasteiger partial charge in [-0.3, -0.25) is 9.78 Å². The molecule has 0 bridgehead atoms. The minimum atomic E-state index is -0.407. The monoisotopic (exact) mass is 322 g/mol. The Bertz CT molecular complexity index is 822. The van der Waals surface area contributed by atoms with Crippen LogP contribution >= 0.6 is 0 Å². The standard InChI is InChI=1S/C18H15FN4O/c19-14-4-1-5-15(9-14)23-18(24)17-7-6-16(12-22-17)21-11-13-3-2-8-20-10-13/h1-10,12,21H,11H2,(H,23,24). The molecule has 0 atom stereocenters. The molecule has 6 heteroatoms. The Morgan fingerprint density at radius 2 is 1.96 bits per heavy atom. The van der Waals surface area contributed by atoms with Crippen LogP contribution in [0.15, 0.2) is 67.1 Å². The fourth-order valence-electron chi connectivity index (χ4n) is 2.10. The average molecular weight is 322 g/mol. The first-order chi connectivity index (χ1) is 11.7. The first-order valence-electron chi connectivity index (χ1n) is 7.36. The van der Waals surface area contributed by atoms with Crippen LogP contribution in [0.5, 0.6) is 0 Å². The second-order valence-electron chi connectivity index (χ2n) is 5.11. The van der Waals surface area contributed by atoms with Crippen LogP contribution < -0.4 is 10.6 Å². The highest BCUT2D eigenvalue weighted by atomic mass is 19.1. The molecule has 0 fully saturated rings. The van der Waals surface area contributed by atoms with E-state index >= 15 is 0 Å². The fourth-order valence-corrected chi connectivity index (χ4v) is 2.10. The van der Waals surface area contributed by atoms with Gasteiger partial charge < -0.3 is 10.6 Å². The van der Waals surface area contributed by atoms with Gasteiger partial charge in [0.2, 0.25) is 0 Å². The quantitative estimate of drug-likeness (QED) is 0.755. The van der Waals surface area contributed by atoms with Gasteiger partial charge in [0.05, 0.1) is 11.9 Å². The minimum Gasteiger partial charge on any atom is -0.380 e. The van der Waals surface area contributed by atoms with Crippen molar-refractivity contribution in [2.45, 2.75) is 6.54 Å².